The molecule has 0 aromatic rings. The van der Waals surface area contributed by atoms with E-state index in [9.17, 15) is 35.7 Å². The molecule has 0 bridgehead atoms. The van der Waals surface area contributed by atoms with E-state index in [1.807, 2.05) is 13.0 Å². The topological polar surface area (TPSA) is 160 Å². The third-order valence-corrected chi connectivity index (χ3v) is 14.9. The van der Waals surface area contributed by atoms with Crippen LogP contribution in [0.25, 0.3) is 0 Å². The van der Waals surface area contributed by atoms with E-state index >= 15 is 0 Å². The van der Waals surface area contributed by atoms with E-state index in [0.717, 1.165) is 44.1 Å². The van der Waals surface area contributed by atoms with Crippen LogP contribution in [-0.4, -0.2) is 97.5 Å². The van der Waals surface area contributed by atoms with Crippen molar-refractivity contribution < 1.29 is 45.2 Å². The maximum Gasteiger partial charge on any atom is 0.187 e. The molecule has 1 aliphatic heterocycles. The Hall–Kier alpha value is -0.620. The van der Waals surface area contributed by atoms with E-state index in [1.54, 1.807) is 0 Å². The molecule has 4 aliphatic carbocycles. The number of hydrogen-bond donors (Lipinski definition) is 7. The van der Waals surface area contributed by atoms with Crippen molar-refractivity contribution in [1.82, 2.24) is 0 Å². The number of ether oxygens (including phenoxy) is 2. The van der Waals surface area contributed by atoms with Gasteiger partial charge in [0.25, 0.3) is 0 Å². The highest BCUT2D eigenvalue weighted by atomic mass is 16.7. The summed E-state index contributed by atoms with van der Waals surface area (Å²) in [6.45, 7) is 14.9. The Balaban J connectivity index is 1.48. The minimum absolute atomic E-state index is 0.0194. The third-order valence-electron chi connectivity index (χ3n) is 14.9. The molecule has 7 N–H and O–H groups in total. The summed E-state index contributed by atoms with van der Waals surface area (Å²) in [5.41, 5.74) is -0.678. The monoisotopic (exact) mass is 638 g/mol. The fourth-order valence-electron chi connectivity index (χ4n) is 11.8. The molecule has 0 radical (unpaired) electrons. The number of fused-ring (bicyclic) bond motifs is 5. The van der Waals surface area contributed by atoms with Crippen LogP contribution in [0.2, 0.25) is 0 Å². The highest BCUT2D eigenvalue weighted by Gasteiger charge is 2.72. The number of rotatable bonds is 8. The highest BCUT2D eigenvalue weighted by Crippen LogP contribution is 2.76. The van der Waals surface area contributed by atoms with Crippen LogP contribution in [0.1, 0.15) is 106 Å². The Morgan fingerprint density at radius 3 is 2.20 bits per heavy atom. The summed E-state index contributed by atoms with van der Waals surface area (Å²) < 4.78 is 12.6. The van der Waals surface area contributed by atoms with E-state index in [0.29, 0.717) is 25.2 Å². The normalized spacial score (nSPS) is 51.2. The number of hydrogen-bond acceptors (Lipinski definition) is 9. The van der Waals surface area contributed by atoms with Crippen molar-refractivity contribution in [1.29, 1.82) is 0 Å². The van der Waals surface area contributed by atoms with Crippen molar-refractivity contribution in [2.45, 2.75) is 155 Å². The van der Waals surface area contributed by atoms with Crippen molar-refractivity contribution in [2.75, 3.05) is 13.2 Å². The summed E-state index contributed by atoms with van der Waals surface area (Å²) >= 11 is 0. The van der Waals surface area contributed by atoms with Gasteiger partial charge in [0.1, 0.15) is 24.4 Å². The molecule has 1 heterocycles. The lowest BCUT2D eigenvalue weighted by Gasteiger charge is -2.71. The van der Waals surface area contributed by atoms with Crippen LogP contribution in [0.4, 0.5) is 0 Å². The molecule has 9 heteroatoms. The minimum Gasteiger partial charge on any atom is -0.394 e. The minimum atomic E-state index is -1.52. The number of aliphatic hydroxyl groups is 7. The Kier molecular flexibility index (Phi) is 9.80. The zero-order chi connectivity index (χ0) is 33.3. The molecule has 0 aromatic carbocycles. The van der Waals surface area contributed by atoms with Gasteiger partial charge in [-0.25, -0.2) is 0 Å². The molecule has 15 atom stereocenters. The largest absolute Gasteiger partial charge is 0.394 e. The summed E-state index contributed by atoms with van der Waals surface area (Å²) in [7, 11) is 0. The molecule has 15 unspecified atom stereocenters. The maximum atomic E-state index is 12.2. The van der Waals surface area contributed by atoms with E-state index in [-0.39, 0.29) is 52.1 Å². The van der Waals surface area contributed by atoms with Crippen molar-refractivity contribution in [3.63, 3.8) is 0 Å². The van der Waals surface area contributed by atoms with Gasteiger partial charge in [0.2, 0.25) is 0 Å². The second kappa shape index (κ2) is 12.4. The Morgan fingerprint density at radius 2 is 1.56 bits per heavy atom. The van der Waals surface area contributed by atoms with Crippen LogP contribution in [-0.2, 0) is 9.47 Å². The molecule has 4 saturated carbocycles. The summed E-state index contributed by atoms with van der Waals surface area (Å²) in [6.07, 6.45) is 1.84. The first-order chi connectivity index (χ1) is 20.9. The van der Waals surface area contributed by atoms with Gasteiger partial charge in [-0.05, 0) is 112 Å². The predicted molar refractivity (Wildman–Crippen MR) is 170 cm³/mol. The molecule has 45 heavy (non-hydrogen) atoms. The molecule has 1 saturated heterocycles. The molecule has 0 spiro atoms. The second-order valence-corrected chi connectivity index (χ2v) is 17.1. The molecule has 0 aromatic heterocycles. The molecule has 5 aliphatic rings. The quantitative estimate of drug-likeness (QED) is 0.198. The van der Waals surface area contributed by atoms with Crippen molar-refractivity contribution in [2.24, 2.45) is 45.3 Å². The lowest BCUT2D eigenvalue weighted by molar-refractivity contribution is -0.335. The average Bonchev–Trinajstić information content (AvgIpc) is 3.36. The van der Waals surface area contributed by atoms with Crippen molar-refractivity contribution in [3.8, 4) is 0 Å². The van der Waals surface area contributed by atoms with Crippen LogP contribution in [0.5, 0.6) is 0 Å². The van der Waals surface area contributed by atoms with Crippen LogP contribution in [0, 0.1) is 45.3 Å². The lowest BCUT2D eigenvalue weighted by Crippen LogP contribution is -2.68. The highest BCUT2D eigenvalue weighted by molar-refractivity contribution is 5.21. The van der Waals surface area contributed by atoms with E-state index in [2.05, 4.69) is 41.5 Å². The van der Waals surface area contributed by atoms with E-state index in [1.165, 1.54) is 0 Å². The van der Waals surface area contributed by atoms with Gasteiger partial charge < -0.3 is 45.2 Å². The molecular weight excluding hydrogens is 576 g/mol. The molecule has 0 amide bonds. The first-order valence-corrected chi connectivity index (χ1v) is 17.5. The first kappa shape index (κ1) is 35.7. The summed E-state index contributed by atoms with van der Waals surface area (Å²) in [5, 5.41) is 74.6. The summed E-state index contributed by atoms with van der Waals surface area (Å²) in [6, 6.07) is 0. The van der Waals surface area contributed by atoms with Crippen LogP contribution in [0.3, 0.4) is 0 Å². The maximum absolute atomic E-state index is 12.2. The predicted octanol–water partition coefficient (Wildman–Crippen LogP) is 3.30. The van der Waals surface area contributed by atoms with Gasteiger partial charge in [0.15, 0.2) is 6.29 Å². The molecule has 5 rings (SSSR count). The van der Waals surface area contributed by atoms with E-state index < -0.39 is 49.0 Å². The molecule has 9 nitrogen and oxygen atoms in total. The SMILES string of the molecule is CC(=CCCC(C)(OC1OC(CO)C(O)C(O)C1O)C1CCC2(C)C1CCC1C3(C)CCC(O)C(C)(C)C3CC(O)C12C)CO. The van der Waals surface area contributed by atoms with Gasteiger partial charge in [0, 0.05) is 5.41 Å². The zero-order valence-corrected chi connectivity index (χ0v) is 28.7. The van der Waals surface area contributed by atoms with Crippen LogP contribution < -0.4 is 0 Å². The molecular formula is C36H62O9. The summed E-state index contributed by atoms with van der Waals surface area (Å²) in [5.74, 6) is 0.852. The van der Waals surface area contributed by atoms with Gasteiger partial charge in [-0.15, -0.1) is 0 Å². The third kappa shape index (κ3) is 5.39. The van der Waals surface area contributed by atoms with Gasteiger partial charge in [-0.1, -0.05) is 46.3 Å². The first-order valence-electron chi connectivity index (χ1n) is 17.5. The number of allylic oxidation sites excluding steroid dienone is 1. The van der Waals surface area contributed by atoms with Gasteiger partial charge in [-0.2, -0.15) is 0 Å². The van der Waals surface area contributed by atoms with E-state index in [4.69, 9.17) is 9.47 Å². The fraction of sp³-hybridized carbons (Fsp3) is 0.944. The Labute approximate surface area is 270 Å². The Bertz CT molecular complexity index is 1090. The second-order valence-electron chi connectivity index (χ2n) is 17.1. The van der Waals surface area contributed by atoms with Gasteiger partial charge in [0.05, 0.1) is 31.0 Å². The molecule has 260 valence electrons. The van der Waals surface area contributed by atoms with Crippen molar-refractivity contribution in [3.05, 3.63) is 11.6 Å². The van der Waals surface area contributed by atoms with Crippen LogP contribution in [0.15, 0.2) is 11.6 Å². The fourth-order valence-corrected chi connectivity index (χ4v) is 11.8. The van der Waals surface area contributed by atoms with Crippen molar-refractivity contribution >= 4 is 0 Å². The smallest absolute Gasteiger partial charge is 0.187 e. The average molecular weight is 639 g/mol. The van der Waals surface area contributed by atoms with Gasteiger partial charge in [-0.3, -0.25) is 0 Å². The Morgan fingerprint density at radius 1 is 0.867 bits per heavy atom. The lowest BCUT2D eigenvalue weighted by atomic mass is 9.34. The van der Waals surface area contributed by atoms with Crippen LogP contribution >= 0.6 is 0 Å². The standard InChI is InChI=1S/C36H62O9/c1-20(18-37)9-8-14-35(6,45-31-30(43)29(42)28(41)23(19-38)44-31)22-12-16-34(5)21(22)10-11-24-33(4)15-13-26(39)32(2,3)25(33)17-27(40)36(24,34)7/h9,21-31,37-43H,8,10-19H2,1-7H3. The summed E-state index contributed by atoms with van der Waals surface area (Å²) in [4.78, 5) is 0. The van der Waals surface area contributed by atoms with Gasteiger partial charge >= 0.3 is 0 Å². The molecule has 5 fully saturated rings. The number of aliphatic hydroxyl groups excluding tert-OH is 7. The zero-order valence-electron chi connectivity index (χ0n) is 28.7.